The summed E-state index contributed by atoms with van der Waals surface area (Å²) in [6.45, 7) is 7.06. The molecule has 17 heavy (non-hydrogen) atoms. The second kappa shape index (κ2) is 4.52. The van der Waals surface area contributed by atoms with Crippen LogP contribution in [0.15, 0.2) is 42.5 Å². The van der Waals surface area contributed by atoms with Crippen molar-refractivity contribution in [1.29, 1.82) is 0 Å². The van der Waals surface area contributed by atoms with E-state index in [1.165, 1.54) is 16.3 Å². The lowest BCUT2D eigenvalue weighted by atomic mass is 10.1. The number of hydrogen-bond donors (Lipinski definition) is 0. The first kappa shape index (κ1) is 13.3. The van der Waals surface area contributed by atoms with E-state index in [-0.39, 0.29) is 2.86 Å². The number of halogens is 2. The molecule has 0 atom stereocenters. The van der Waals surface area contributed by atoms with E-state index in [0.29, 0.717) is 0 Å². The van der Waals surface area contributed by atoms with Gasteiger partial charge in [0.25, 0.3) is 0 Å². The number of benzene rings is 2. The Morgan fingerprint density at radius 3 is 2.06 bits per heavy atom. The van der Waals surface area contributed by atoms with E-state index in [1.807, 2.05) is 0 Å². The van der Waals surface area contributed by atoms with Crippen molar-refractivity contribution in [3.05, 3.63) is 48.0 Å². The zero-order valence-corrected chi connectivity index (χ0v) is 14.5. The lowest BCUT2D eigenvalue weighted by molar-refractivity contribution is 1.24. The number of hydrogen-bond acceptors (Lipinski definition) is 0. The minimum atomic E-state index is -1.38. The number of rotatable bonds is 2. The highest BCUT2D eigenvalue weighted by Gasteiger charge is 2.40. The molecule has 0 bridgehead atoms. The Hall–Kier alpha value is -0.123. The van der Waals surface area contributed by atoms with Gasteiger partial charge in [-0.25, -0.2) is 0 Å². The summed E-state index contributed by atoms with van der Waals surface area (Å²) in [6, 6.07) is 15.2. The molecule has 0 aromatic heterocycles. The Balaban J connectivity index is 2.57. The monoisotopic (exact) mass is 370 g/mol. The quantitative estimate of drug-likeness (QED) is 0.471. The molecule has 2 aromatic carbocycles. The second-order valence-corrected chi connectivity index (χ2v) is 15.5. The Labute approximate surface area is 121 Å². The van der Waals surface area contributed by atoms with E-state index in [2.05, 4.69) is 94.0 Å². The molecule has 0 fully saturated rings. The number of alkyl halides is 2. The van der Waals surface area contributed by atoms with Crippen molar-refractivity contribution in [2.45, 2.75) is 22.5 Å². The van der Waals surface area contributed by atoms with Crippen molar-refractivity contribution in [2.75, 3.05) is 0 Å². The van der Waals surface area contributed by atoms with Gasteiger partial charge in [0.2, 0.25) is 0 Å². The van der Waals surface area contributed by atoms with Crippen molar-refractivity contribution in [1.82, 2.24) is 0 Å². The minimum Gasteiger partial charge on any atom is -0.0714 e. The lowest BCUT2D eigenvalue weighted by Crippen LogP contribution is -2.39. The van der Waals surface area contributed by atoms with Crippen molar-refractivity contribution < 1.29 is 0 Å². The van der Waals surface area contributed by atoms with Gasteiger partial charge in [-0.2, -0.15) is 0 Å². The van der Waals surface area contributed by atoms with Gasteiger partial charge in [-0.3, -0.25) is 0 Å². The molecule has 0 amide bonds. The van der Waals surface area contributed by atoms with Crippen molar-refractivity contribution >= 4 is 50.7 Å². The standard InChI is InChI=1S/C14H16Br2Si/c1-17(2,3)14(15,16)13-9-8-11-6-4-5-7-12(11)10-13/h4-10H,1-3H3. The molecule has 0 radical (unpaired) electrons. The van der Waals surface area contributed by atoms with E-state index in [4.69, 9.17) is 0 Å². The summed E-state index contributed by atoms with van der Waals surface area (Å²) in [6.07, 6.45) is 0. The average molecular weight is 372 g/mol. The summed E-state index contributed by atoms with van der Waals surface area (Å²) in [4.78, 5) is 0. The normalized spacial score (nSPS) is 13.0. The van der Waals surface area contributed by atoms with Crippen LogP contribution in [0.25, 0.3) is 10.8 Å². The molecule has 2 aromatic rings. The first-order valence-corrected chi connectivity index (χ1v) is 10.8. The van der Waals surface area contributed by atoms with Crippen LogP contribution < -0.4 is 0 Å². The molecule has 0 N–H and O–H groups in total. The van der Waals surface area contributed by atoms with Crippen LogP contribution >= 0.6 is 31.9 Å². The van der Waals surface area contributed by atoms with Gasteiger partial charge in [0, 0.05) is 0 Å². The molecule has 2 rings (SSSR count). The molecule has 0 aliphatic rings. The molecule has 0 heterocycles. The van der Waals surface area contributed by atoms with Gasteiger partial charge < -0.3 is 0 Å². The lowest BCUT2D eigenvalue weighted by Gasteiger charge is -2.33. The maximum Gasteiger partial charge on any atom is 0.0950 e. The summed E-state index contributed by atoms with van der Waals surface area (Å²) >= 11 is 7.75. The van der Waals surface area contributed by atoms with E-state index in [9.17, 15) is 0 Å². The van der Waals surface area contributed by atoms with Crippen LogP contribution in [0.3, 0.4) is 0 Å². The molecule has 0 aliphatic heterocycles. The van der Waals surface area contributed by atoms with Crippen LogP contribution in [-0.4, -0.2) is 8.07 Å². The summed E-state index contributed by atoms with van der Waals surface area (Å²) in [7, 11) is -1.38. The van der Waals surface area contributed by atoms with Crippen LogP contribution in [0.1, 0.15) is 5.56 Å². The molecular weight excluding hydrogens is 356 g/mol. The smallest absolute Gasteiger partial charge is 0.0714 e. The zero-order chi connectivity index (χ0) is 12.7. The van der Waals surface area contributed by atoms with E-state index in [0.717, 1.165) is 0 Å². The van der Waals surface area contributed by atoms with Gasteiger partial charge >= 0.3 is 0 Å². The fraction of sp³-hybridized carbons (Fsp3) is 0.286. The summed E-state index contributed by atoms with van der Waals surface area (Å²) in [5.41, 5.74) is 1.32. The molecular formula is C14H16Br2Si. The molecule has 0 nitrogen and oxygen atoms in total. The SMILES string of the molecule is C[Si](C)(C)C(Br)(Br)c1ccc2ccccc2c1. The van der Waals surface area contributed by atoms with Gasteiger partial charge in [0.1, 0.15) is 0 Å². The predicted molar refractivity (Wildman–Crippen MR) is 86.8 cm³/mol. The topological polar surface area (TPSA) is 0 Å². The minimum absolute atomic E-state index is 0.0585. The third kappa shape index (κ3) is 2.51. The molecule has 90 valence electrons. The Morgan fingerprint density at radius 1 is 0.882 bits per heavy atom. The van der Waals surface area contributed by atoms with E-state index in [1.54, 1.807) is 0 Å². The Morgan fingerprint density at radius 2 is 1.47 bits per heavy atom. The Kier molecular flexibility index (Phi) is 3.54. The van der Waals surface area contributed by atoms with Crippen LogP contribution in [0.4, 0.5) is 0 Å². The number of fused-ring (bicyclic) bond motifs is 1. The van der Waals surface area contributed by atoms with Gasteiger partial charge in [-0.1, -0.05) is 87.9 Å². The maximum absolute atomic E-state index is 3.87. The molecule has 0 saturated carbocycles. The van der Waals surface area contributed by atoms with Gasteiger partial charge in [-0.15, -0.1) is 0 Å². The highest BCUT2D eigenvalue weighted by molar-refractivity contribution is 9.25. The van der Waals surface area contributed by atoms with Crippen molar-refractivity contribution in [3.63, 3.8) is 0 Å². The molecule has 0 unspecified atom stereocenters. The van der Waals surface area contributed by atoms with Gasteiger partial charge in [0.05, 0.1) is 10.9 Å². The van der Waals surface area contributed by atoms with Crippen LogP contribution in [-0.2, 0) is 2.86 Å². The first-order valence-electron chi connectivity index (χ1n) is 5.69. The molecule has 0 aliphatic carbocycles. The third-order valence-corrected chi connectivity index (χ3v) is 13.3. The van der Waals surface area contributed by atoms with E-state index >= 15 is 0 Å². The van der Waals surface area contributed by atoms with Gasteiger partial charge in [-0.05, 0) is 22.4 Å². The molecule has 0 spiro atoms. The predicted octanol–water partition coefficient (Wildman–Crippen LogP) is 5.66. The van der Waals surface area contributed by atoms with Crippen molar-refractivity contribution in [2.24, 2.45) is 0 Å². The highest BCUT2D eigenvalue weighted by atomic mass is 79.9. The average Bonchev–Trinajstić information content (AvgIpc) is 2.27. The summed E-state index contributed by atoms with van der Waals surface area (Å²) in [5, 5.41) is 2.59. The summed E-state index contributed by atoms with van der Waals surface area (Å²) in [5.74, 6) is 0. The van der Waals surface area contributed by atoms with E-state index < -0.39 is 8.07 Å². The third-order valence-electron chi connectivity index (χ3n) is 3.05. The first-order chi connectivity index (χ1) is 7.82. The maximum atomic E-state index is 3.87. The summed E-state index contributed by atoms with van der Waals surface area (Å²) < 4.78 is -0.0585. The van der Waals surface area contributed by atoms with Gasteiger partial charge in [0.15, 0.2) is 0 Å². The fourth-order valence-corrected chi connectivity index (χ4v) is 3.33. The highest BCUT2D eigenvalue weighted by Crippen LogP contribution is 2.46. The molecule has 3 heteroatoms. The Bertz CT molecular complexity index is 541. The molecule has 0 saturated heterocycles. The van der Waals surface area contributed by atoms with Crippen LogP contribution in [0.5, 0.6) is 0 Å². The fourth-order valence-electron chi connectivity index (χ4n) is 1.82. The second-order valence-electron chi connectivity index (χ2n) is 5.39. The van der Waals surface area contributed by atoms with Crippen molar-refractivity contribution in [3.8, 4) is 0 Å². The zero-order valence-electron chi connectivity index (χ0n) is 10.3. The largest absolute Gasteiger partial charge is 0.0950 e. The van der Waals surface area contributed by atoms with Crippen LogP contribution in [0.2, 0.25) is 19.6 Å². The van der Waals surface area contributed by atoms with Crippen LogP contribution in [0, 0.1) is 0 Å².